The molecule has 1 aliphatic heterocycles. The molecule has 4 amide bonds. The van der Waals surface area contributed by atoms with Crippen molar-refractivity contribution in [2.45, 2.75) is 120 Å². The van der Waals surface area contributed by atoms with Crippen molar-refractivity contribution >= 4 is 50.4 Å². The second-order valence-corrected chi connectivity index (χ2v) is 17.5. The highest BCUT2D eigenvalue weighted by atomic mass is 32.2. The fourth-order valence-corrected chi connectivity index (χ4v) is 8.43. The summed E-state index contributed by atoms with van der Waals surface area (Å²) in [6.45, 7) is 6.79. The van der Waals surface area contributed by atoms with Crippen LogP contribution >= 0.6 is 0 Å². The van der Waals surface area contributed by atoms with Gasteiger partial charge in [-0.1, -0.05) is 19.4 Å². The Morgan fingerprint density at radius 3 is 2.46 bits per heavy atom. The van der Waals surface area contributed by atoms with E-state index >= 15 is 0 Å². The van der Waals surface area contributed by atoms with Gasteiger partial charge < -0.3 is 29.7 Å². The first kappa shape index (κ1) is 39.0. The summed E-state index contributed by atoms with van der Waals surface area (Å²) < 4.78 is 44.8. The first-order valence-electron chi connectivity index (χ1n) is 18.5. The highest BCUT2D eigenvalue weighted by Crippen LogP contribution is 2.47. The van der Waals surface area contributed by atoms with E-state index in [0.29, 0.717) is 42.4 Å². The number of rotatable bonds is 15. The molecule has 15 nitrogen and oxygen atoms in total. The lowest BCUT2D eigenvalue weighted by Crippen LogP contribution is -2.58. The number of carbonyl (C=O) groups is 5. The molecule has 2 saturated carbocycles. The lowest BCUT2D eigenvalue weighted by atomic mass is 9.92. The molecule has 16 heteroatoms. The lowest BCUT2D eigenvalue weighted by molar-refractivity contribution is -0.141. The number of amides is 4. The number of allylic oxidation sites excluding steroid dienone is 2. The molecule has 1 aromatic carbocycles. The SMILES string of the molecule is CC[C@@H]1C[C@]1(NC(=O)[C@@H]1C[C@@H](Oc2nccc3cc(OC)ccc23)CN1C(=O)[C@H](CCC(=O)C1=CCC1)NC(=O)OC(C)(C)C)C(=O)NS(=O)(=O)C1CC1. The van der Waals surface area contributed by atoms with Gasteiger partial charge in [-0.2, -0.15) is 0 Å². The van der Waals surface area contributed by atoms with Gasteiger partial charge in [0, 0.05) is 24.4 Å². The van der Waals surface area contributed by atoms with Crippen LogP contribution in [-0.4, -0.2) is 96.1 Å². The van der Waals surface area contributed by atoms with E-state index in [1.165, 1.54) is 4.90 Å². The summed E-state index contributed by atoms with van der Waals surface area (Å²) in [5, 5.41) is 6.28. The number of hydrogen-bond acceptors (Lipinski definition) is 11. The van der Waals surface area contributed by atoms with E-state index in [1.807, 2.05) is 19.1 Å². The van der Waals surface area contributed by atoms with Gasteiger partial charge in [-0.25, -0.2) is 18.2 Å². The third kappa shape index (κ3) is 8.63. The number of Topliss-reactive ketones (excluding diaryl/α,β-unsaturated/α-hetero) is 1. The molecule has 0 radical (unpaired) electrons. The van der Waals surface area contributed by atoms with Crippen LogP contribution in [0.3, 0.4) is 0 Å². The maximum absolute atomic E-state index is 14.5. The molecule has 5 atom stereocenters. The number of benzene rings is 1. The highest BCUT2D eigenvalue weighted by molar-refractivity contribution is 7.91. The highest BCUT2D eigenvalue weighted by Gasteiger charge is 2.62. The molecule has 2 heterocycles. The Morgan fingerprint density at radius 1 is 1.11 bits per heavy atom. The third-order valence-corrected chi connectivity index (χ3v) is 12.2. The van der Waals surface area contributed by atoms with Crippen LogP contribution in [0.15, 0.2) is 42.1 Å². The predicted octanol–water partition coefficient (Wildman–Crippen LogP) is 3.45. The Hall–Kier alpha value is -4.73. The van der Waals surface area contributed by atoms with Crippen molar-refractivity contribution in [3.05, 3.63) is 42.1 Å². The van der Waals surface area contributed by atoms with Crippen LogP contribution in [0.2, 0.25) is 0 Å². The number of likely N-dealkylation sites (tertiary alicyclic amines) is 1. The fraction of sp³-hybridized carbons (Fsp3) is 0.579. The van der Waals surface area contributed by atoms with Crippen LogP contribution in [-0.2, 0) is 33.9 Å². The van der Waals surface area contributed by atoms with Gasteiger partial charge in [0.2, 0.25) is 27.7 Å². The molecule has 0 bridgehead atoms. The summed E-state index contributed by atoms with van der Waals surface area (Å²) in [5.74, 6) is -1.67. The quantitative estimate of drug-likeness (QED) is 0.240. The van der Waals surface area contributed by atoms with Crippen molar-refractivity contribution in [1.82, 2.24) is 25.2 Å². The number of pyridine rings is 1. The van der Waals surface area contributed by atoms with Crippen molar-refractivity contribution in [3.8, 4) is 11.6 Å². The molecule has 6 rings (SSSR count). The maximum atomic E-state index is 14.5. The molecule has 1 saturated heterocycles. The monoisotopic (exact) mass is 767 g/mol. The summed E-state index contributed by atoms with van der Waals surface area (Å²) in [6.07, 6.45) is 4.80. The Bertz CT molecular complexity index is 1970. The first-order valence-corrected chi connectivity index (χ1v) is 20.1. The number of methoxy groups -OCH3 is 1. The van der Waals surface area contributed by atoms with E-state index in [0.717, 1.165) is 11.8 Å². The van der Waals surface area contributed by atoms with Crippen molar-refractivity contribution in [1.29, 1.82) is 0 Å². The van der Waals surface area contributed by atoms with Gasteiger partial charge in [0.1, 0.15) is 35.1 Å². The molecule has 54 heavy (non-hydrogen) atoms. The Morgan fingerprint density at radius 2 is 1.85 bits per heavy atom. The molecule has 0 spiro atoms. The summed E-state index contributed by atoms with van der Waals surface area (Å²) in [4.78, 5) is 74.0. The average Bonchev–Trinajstić information content (AvgIpc) is 4.01. The zero-order valence-electron chi connectivity index (χ0n) is 31.3. The van der Waals surface area contributed by atoms with E-state index in [2.05, 4.69) is 20.3 Å². The number of sulfonamides is 1. The number of nitrogens with zero attached hydrogens (tertiary/aromatic N) is 2. The average molecular weight is 768 g/mol. The predicted molar refractivity (Wildman–Crippen MR) is 197 cm³/mol. The number of fused-ring (bicyclic) bond motifs is 1. The number of ketones is 1. The number of hydrogen-bond donors (Lipinski definition) is 3. The zero-order chi connectivity index (χ0) is 39.0. The smallest absolute Gasteiger partial charge is 0.408 e. The number of nitrogens with one attached hydrogen (secondary N) is 3. The number of carbonyl (C=O) groups excluding carboxylic acids is 5. The second-order valence-electron chi connectivity index (χ2n) is 15.6. The number of ether oxygens (including phenoxy) is 3. The Kier molecular flexibility index (Phi) is 11.0. The van der Waals surface area contributed by atoms with Gasteiger partial charge in [0.05, 0.1) is 18.9 Å². The molecule has 3 fully saturated rings. The molecule has 4 aliphatic rings. The van der Waals surface area contributed by atoms with Crippen LogP contribution in [0.1, 0.15) is 85.5 Å². The van der Waals surface area contributed by atoms with E-state index in [9.17, 15) is 32.4 Å². The van der Waals surface area contributed by atoms with Crippen LogP contribution in [0.25, 0.3) is 10.8 Å². The van der Waals surface area contributed by atoms with Crippen molar-refractivity contribution in [2.24, 2.45) is 5.92 Å². The minimum Gasteiger partial charge on any atom is -0.497 e. The largest absolute Gasteiger partial charge is 0.497 e. The molecule has 1 aromatic heterocycles. The molecular weight excluding hydrogens is 719 g/mol. The first-order chi connectivity index (χ1) is 25.5. The fourth-order valence-electron chi connectivity index (χ4n) is 7.06. The van der Waals surface area contributed by atoms with Gasteiger partial charge >= 0.3 is 6.09 Å². The van der Waals surface area contributed by atoms with Crippen LogP contribution < -0.4 is 24.8 Å². The second kappa shape index (κ2) is 15.2. The standard InChI is InChI=1S/C38H49N5O10S/c1-6-24-20-38(24,35(47)42-54(49,50)27-11-12-27)41-32(45)30-19-26(52-33-28-13-10-25(51-5)18-23(28)16-17-39-33)21-43(30)34(46)29(40-36(48)53-37(2,3)4)14-15-31(44)22-8-7-9-22/h8,10,13,16-18,24,26-27,29-30H,6-7,9,11-12,14-15,19-21H2,1-5H3,(H,40,48)(H,41,45)(H,42,47)/t24-,26-,29+,30+,38-/m1/s1. The molecule has 3 N–H and O–H groups in total. The Balaban J connectivity index is 1.28. The number of aromatic nitrogens is 1. The zero-order valence-corrected chi connectivity index (χ0v) is 32.1. The molecule has 0 unspecified atom stereocenters. The maximum Gasteiger partial charge on any atom is 0.408 e. The normalized spacial score (nSPS) is 24.1. The summed E-state index contributed by atoms with van der Waals surface area (Å²) >= 11 is 0. The molecule has 2 aromatic rings. The summed E-state index contributed by atoms with van der Waals surface area (Å²) in [6, 6.07) is 4.75. The molecule has 3 aliphatic carbocycles. The van der Waals surface area contributed by atoms with Crippen LogP contribution in [0.4, 0.5) is 4.79 Å². The third-order valence-electron chi connectivity index (χ3n) is 10.4. The topological polar surface area (TPSA) is 199 Å². The van der Waals surface area contributed by atoms with E-state index in [4.69, 9.17) is 14.2 Å². The van der Waals surface area contributed by atoms with Crippen LogP contribution in [0, 0.1) is 5.92 Å². The van der Waals surface area contributed by atoms with E-state index < -0.39 is 68.4 Å². The summed E-state index contributed by atoms with van der Waals surface area (Å²) in [7, 11) is -2.33. The van der Waals surface area contributed by atoms with Gasteiger partial charge in [0.15, 0.2) is 5.78 Å². The van der Waals surface area contributed by atoms with Gasteiger partial charge in [-0.05, 0) is 100 Å². The minimum atomic E-state index is -3.89. The van der Waals surface area contributed by atoms with Gasteiger partial charge in [-0.3, -0.25) is 23.9 Å². The van der Waals surface area contributed by atoms with Crippen molar-refractivity contribution in [2.75, 3.05) is 13.7 Å². The van der Waals surface area contributed by atoms with Crippen molar-refractivity contribution < 1.29 is 46.6 Å². The van der Waals surface area contributed by atoms with Crippen LogP contribution in [0.5, 0.6) is 11.6 Å². The minimum absolute atomic E-state index is 0.00830. The Labute approximate surface area is 315 Å². The van der Waals surface area contributed by atoms with Crippen molar-refractivity contribution in [3.63, 3.8) is 0 Å². The molecular formula is C38H49N5O10S. The van der Waals surface area contributed by atoms with E-state index in [-0.39, 0.29) is 49.8 Å². The number of alkyl carbamates (subject to hydrolysis) is 1. The van der Waals surface area contributed by atoms with Gasteiger partial charge in [-0.15, -0.1) is 0 Å². The summed E-state index contributed by atoms with van der Waals surface area (Å²) in [5.41, 5.74) is -1.68. The lowest BCUT2D eigenvalue weighted by Gasteiger charge is -2.30. The van der Waals surface area contributed by atoms with E-state index in [1.54, 1.807) is 52.3 Å². The van der Waals surface area contributed by atoms with Gasteiger partial charge in [0.25, 0.3) is 5.91 Å². The molecule has 292 valence electrons.